The summed E-state index contributed by atoms with van der Waals surface area (Å²) in [5.41, 5.74) is 6.83. The Morgan fingerprint density at radius 2 is 2.17 bits per heavy atom. The van der Waals surface area contributed by atoms with E-state index in [0.29, 0.717) is 24.5 Å². The molecule has 0 aliphatic carbocycles. The molecule has 4 nitrogen and oxygen atoms in total. The summed E-state index contributed by atoms with van der Waals surface area (Å²) in [4.78, 5) is 14.1. The van der Waals surface area contributed by atoms with Crippen LogP contribution in [0.3, 0.4) is 0 Å². The normalized spacial score (nSPS) is 18.1. The first-order chi connectivity index (χ1) is 8.66. The number of nitrogens with two attached hydrogens (primary N) is 1. The highest BCUT2D eigenvalue weighted by molar-refractivity contribution is 7.80. The molecule has 18 heavy (non-hydrogen) atoms. The minimum absolute atomic E-state index is 0.0603. The molecule has 0 spiro atoms. The maximum Gasteiger partial charge on any atom is 0.234 e. The second kappa shape index (κ2) is 5.93. The van der Waals surface area contributed by atoms with Crippen molar-refractivity contribution in [3.8, 4) is 0 Å². The number of amides is 1. The van der Waals surface area contributed by atoms with E-state index in [1.807, 2.05) is 18.2 Å². The molecule has 96 valence electrons. The van der Waals surface area contributed by atoms with Crippen LogP contribution in [-0.2, 0) is 4.79 Å². The average molecular weight is 263 g/mol. The second-order valence-electron chi connectivity index (χ2n) is 4.42. The van der Waals surface area contributed by atoms with E-state index in [2.05, 4.69) is 22.3 Å². The van der Waals surface area contributed by atoms with Gasteiger partial charge in [-0.1, -0.05) is 42.5 Å². The van der Waals surface area contributed by atoms with Gasteiger partial charge in [0, 0.05) is 25.6 Å². The van der Waals surface area contributed by atoms with Gasteiger partial charge in [0.15, 0.2) is 0 Å². The molecule has 1 unspecified atom stereocenters. The van der Waals surface area contributed by atoms with Gasteiger partial charge in [0.1, 0.15) is 0 Å². The molecule has 1 atom stereocenters. The zero-order chi connectivity index (χ0) is 13.0. The van der Waals surface area contributed by atoms with Crippen LogP contribution >= 0.6 is 12.2 Å². The van der Waals surface area contributed by atoms with Gasteiger partial charge in [-0.25, -0.2) is 0 Å². The summed E-state index contributed by atoms with van der Waals surface area (Å²) in [6.07, 6.45) is 0.604. The fraction of sp³-hybridized carbons (Fsp3) is 0.385. The molecule has 0 aromatic heterocycles. The van der Waals surface area contributed by atoms with E-state index in [1.165, 1.54) is 0 Å². The monoisotopic (exact) mass is 263 g/mol. The molecular formula is C13H17N3OS. The van der Waals surface area contributed by atoms with Crippen molar-refractivity contribution < 1.29 is 4.79 Å². The Morgan fingerprint density at radius 1 is 1.44 bits per heavy atom. The lowest BCUT2D eigenvalue weighted by molar-refractivity contribution is -0.124. The van der Waals surface area contributed by atoms with Crippen LogP contribution in [0.25, 0.3) is 0 Å². The molecule has 1 saturated heterocycles. The van der Waals surface area contributed by atoms with Gasteiger partial charge in [-0.15, -0.1) is 0 Å². The Balaban J connectivity index is 2.19. The van der Waals surface area contributed by atoms with Crippen LogP contribution in [0, 0.1) is 0 Å². The van der Waals surface area contributed by atoms with Crippen LogP contribution in [0.4, 0.5) is 0 Å². The van der Waals surface area contributed by atoms with Gasteiger partial charge in [0.2, 0.25) is 5.91 Å². The fourth-order valence-corrected chi connectivity index (χ4v) is 2.41. The van der Waals surface area contributed by atoms with Gasteiger partial charge < -0.3 is 11.1 Å². The van der Waals surface area contributed by atoms with Crippen molar-refractivity contribution in [1.29, 1.82) is 0 Å². The molecular weight excluding hydrogens is 246 g/mol. The number of rotatable bonds is 4. The Hall–Kier alpha value is -1.46. The molecule has 2 rings (SSSR count). The molecule has 1 aliphatic heterocycles. The maximum atomic E-state index is 11.5. The first kappa shape index (κ1) is 13.0. The van der Waals surface area contributed by atoms with Crippen LogP contribution in [0.1, 0.15) is 18.0 Å². The van der Waals surface area contributed by atoms with Crippen molar-refractivity contribution in [2.45, 2.75) is 12.5 Å². The van der Waals surface area contributed by atoms with Gasteiger partial charge in [-0.2, -0.15) is 0 Å². The number of piperazine rings is 1. The molecule has 1 amide bonds. The molecule has 3 N–H and O–H groups in total. The van der Waals surface area contributed by atoms with E-state index in [9.17, 15) is 4.79 Å². The lowest BCUT2D eigenvalue weighted by atomic mass is 10.0. The summed E-state index contributed by atoms with van der Waals surface area (Å²) in [5, 5.41) is 2.83. The van der Waals surface area contributed by atoms with Crippen molar-refractivity contribution >= 4 is 23.1 Å². The van der Waals surface area contributed by atoms with Gasteiger partial charge in [-0.3, -0.25) is 9.69 Å². The molecule has 5 heteroatoms. The smallest absolute Gasteiger partial charge is 0.234 e. The third-order valence-electron chi connectivity index (χ3n) is 3.09. The Morgan fingerprint density at radius 3 is 2.78 bits per heavy atom. The molecule has 1 aliphatic rings. The van der Waals surface area contributed by atoms with Crippen molar-refractivity contribution in [2.75, 3.05) is 19.6 Å². The minimum atomic E-state index is 0.0603. The predicted octanol–water partition coefficient (Wildman–Crippen LogP) is 0.836. The van der Waals surface area contributed by atoms with E-state index >= 15 is 0 Å². The number of hydrogen-bond donors (Lipinski definition) is 2. The van der Waals surface area contributed by atoms with Gasteiger partial charge in [0.05, 0.1) is 11.5 Å². The van der Waals surface area contributed by atoms with Crippen molar-refractivity contribution in [2.24, 2.45) is 5.73 Å². The molecule has 1 aromatic carbocycles. The number of benzene rings is 1. The number of thiocarbonyl (C=S) groups is 1. The number of carbonyl (C=O) groups is 1. The average Bonchev–Trinajstić information content (AvgIpc) is 2.37. The standard InChI is InChI=1S/C13H17N3OS/c14-12(18)8-11(10-4-2-1-3-5-10)16-7-6-15-13(17)9-16/h1-5,11H,6-9H2,(H2,14,18)(H,15,17). The van der Waals surface area contributed by atoms with Crippen LogP contribution < -0.4 is 11.1 Å². The SMILES string of the molecule is NC(=S)CC(c1ccccc1)N1CCNC(=O)C1. The van der Waals surface area contributed by atoms with E-state index in [-0.39, 0.29) is 11.9 Å². The highest BCUT2D eigenvalue weighted by atomic mass is 32.1. The Kier molecular flexibility index (Phi) is 4.28. The van der Waals surface area contributed by atoms with Gasteiger partial charge in [-0.05, 0) is 5.56 Å². The van der Waals surface area contributed by atoms with Crippen LogP contribution in [-0.4, -0.2) is 35.4 Å². The van der Waals surface area contributed by atoms with Crippen LogP contribution in [0.15, 0.2) is 30.3 Å². The van der Waals surface area contributed by atoms with E-state index in [4.69, 9.17) is 18.0 Å². The third kappa shape index (κ3) is 3.27. The maximum absolute atomic E-state index is 11.5. The topological polar surface area (TPSA) is 58.4 Å². The summed E-state index contributed by atoms with van der Waals surface area (Å²) < 4.78 is 0. The third-order valence-corrected chi connectivity index (χ3v) is 3.25. The van der Waals surface area contributed by atoms with Crippen LogP contribution in [0.2, 0.25) is 0 Å². The summed E-state index contributed by atoms with van der Waals surface area (Å²) in [5.74, 6) is 0.0603. The zero-order valence-electron chi connectivity index (χ0n) is 10.1. The first-order valence-corrected chi connectivity index (χ1v) is 6.41. The molecule has 1 aromatic rings. The van der Waals surface area contributed by atoms with E-state index in [1.54, 1.807) is 0 Å². The molecule has 0 bridgehead atoms. The summed E-state index contributed by atoms with van der Waals surface area (Å²) in [6, 6.07) is 10.2. The number of nitrogens with one attached hydrogen (secondary N) is 1. The van der Waals surface area contributed by atoms with Gasteiger partial charge >= 0.3 is 0 Å². The van der Waals surface area contributed by atoms with Crippen molar-refractivity contribution in [3.63, 3.8) is 0 Å². The minimum Gasteiger partial charge on any atom is -0.393 e. The zero-order valence-corrected chi connectivity index (χ0v) is 11.0. The fourth-order valence-electron chi connectivity index (χ4n) is 2.25. The highest BCUT2D eigenvalue weighted by Gasteiger charge is 2.25. The number of nitrogens with zero attached hydrogens (tertiary/aromatic N) is 1. The highest BCUT2D eigenvalue weighted by Crippen LogP contribution is 2.24. The number of hydrogen-bond acceptors (Lipinski definition) is 3. The Labute approximate surface area is 112 Å². The summed E-state index contributed by atoms with van der Waals surface area (Å²) in [7, 11) is 0. The summed E-state index contributed by atoms with van der Waals surface area (Å²) in [6.45, 7) is 1.91. The number of carbonyl (C=O) groups excluding carboxylic acids is 1. The van der Waals surface area contributed by atoms with E-state index < -0.39 is 0 Å². The quantitative estimate of drug-likeness (QED) is 0.790. The molecule has 1 heterocycles. The second-order valence-corrected chi connectivity index (χ2v) is 4.94. The molecule has 0 saturated carbocycles. The lowest BCUT2D eigenvalue weighted by Crippen LogP contribution is -2.49. The first-order valence-electron chi connectivity index (χ1n) is 6.01. The van der Waals surface area contributed by atoms with Crippen molar-refractivity contribution in [1.82, 2.24) is 10.2 Å². The van der Waals surface area contributed by atoms with Gasteiger partial charge in [0.25, 0.3) is 0 Å². The lowest BCUT2D eigenvalue weighted by Gasteiger charge is -2.34. The van der Waals surface area contributed by atoms with E-state index in [0.717, 1.165) is 12.1 Å². The molecule has 0 radical (unpaired) electrons. The van der Waals surface area contributed by atoms with Crippen LogP contribution in [0.5, 0.6) is 0 Å². The van der Waals surface area contributed by atoms with Crippen molar-refractivity contribution in [3.05, 3.63) is 35.9 Å². The predicted molar refractivity (Wildman–Crippen MR) is 75.2 cm³/mol. The molecule has 1 fully saturated rings. The largest absolute Gasteiger partial charge is 0.393 e. The Bertz CT molecular complexity index is 435. The summed E-state index contributed by atoms with van der Waals surface area (Å²) >= 11 is 5.02.